The van der Waals surface area contributed by atoms with E-state index in [1.54, 1.807) is 4.31 Å². The van der Waals surface area contributed by atoms with Crippen LogP contribution in [0.25, 0.3) is 10.9 Å². The summed E-state index contributed by atoms with van der Waals surface area (Å²) in [6.45, 7) is 6.84. The molecule has 0 aliphatic rings. The molecular formula is C16H24N2O2S. The summed E-state index contributed by atoms with van der Waals surface area (Å²) in [6.07, 6.45) is 2.78. The second kappa shape index (κ2) is 6.62. The highest BCUT2D eigenvalue weighted by molar-refractivity contribution is 7.89. The highest BCUT2D eigenvalue weighted by Gasteiger charge is 2.22. The van der Waals surface area contributed by atoms with E-state index in [-0.39, 0.29) is 11.7 Å². The van der Waals surface area contributed by atoms with E-state index in [9.17, 15) is 8.42 Å². The van der Waals surface area contributed by atoms with Gasteiger partial charge in [-0.3, -0.25) is 0 Å². The van der Waals surface area contributed by atoms with Crippen LogP contribution in [-0.2, 0) is 16.6 Å². The second-order valence-corrected chi connectivity index (χ2v) is 7.63. The topological polar surface area (TPSA) is 53.2 Å². The summed E-state index contributed by atoms with van der Waals surface area (Å²) >= 11 is 0. The normalized spacial score (nSPS) is 13.9. The highest BCUT2D eigenvalue weighted by atomic mass is 32.2. The molecule has 2 rings (SSSR count). The van der Waals surface area contributed by atoms with E-state index in [0.717, 1.165) is 22.9 Å². The molecular weight excluding hydrogens is 284 g/mol. The Hall–Kier alpha value is -1.33. The molecule has 2 aromatic rings. The van der Waals surface area contributed by atoms with Crippen molar-refractivity contribution in [3.63, 3.8) is 0 Å². The lowest BCUT2D eigenvalue weighted by atomic mass is 10.1. The third-order valence-corrected chi connectivity index (χ3v) is 6.08. The Morgan fingerprint density at radius 3 is 2.67 bits per heavy atom. The Morgan fingerprint density at radius 2 is 2.00 bits per heavy atom. The van der Waals surface area contributed by atoms with E-state index < -0.39 is 10.0 Å². The van der Waals surface area contributed by atoms with Crippen LogP contribution in [-0.4, -0.2) is 30.0 Å². The van der Waals surface area contributed by atoms with Gasteiger partial charge in [0.15, 0.2) is 0 Å². The zero-order chi connectivity index (χ0) is 15.5. The standard InChI is InChI=1S/C16H24N2O2S/c1-4-13(3)12-21(19,20)18(5-2)11-14-6-7-16-15(10-14)8-9-17-16/h6-10,13,17H,4-5,11-12H2,1-3H3/t13-/m0/s1. The van der Waals surface area contributed by atoms with Gasteiger partial charge in [-0.15, -0.1) is 0 Å². The number of sulfonamides is 1. The molecule has 0 saturated heterocycles. The van der Waals surface area contributed by atoms with E-state index in [1.807, 2.05) is 51.2 Å². The number of fused-ring (bicyclic) bond motifs is 1. The number of rotatable bonds is 7. The van der Waals surface area contributed by atoms with Crippen LogP contribution in [0.4, 0.5) is 0 Å². The van der Waals surface area contributed by atoms with Crippen molar-refractivity contribution in [2.24, 2.45) is 5.92 Å². The van der Waals surface area contributed by atoms with Crippen LogP contribution < -0.4 is 0 Å². The van der Waals surface area contributed by atoms with Gasteiger partial charge in [0, 0.05) is 24.8 Å². The van der Waals surface area contributed by atoms with Gasteiger partial charge < -0.3 is 4.98 Å². The van der Waals surface area contributed by atoms with Crippen molar-refractivity contribution in [1.82, 2.24) is 9.29 Å². The predicted molar refractivity (Wildman–Crippen MR) is 87.6 cm³/mol. The average molecular weight is 308 g/mol. The van der Waals surface area contributed by atoms with E-state index in [4.69, 9.17) is 0 Å². The number of aromatic amines is 1. The molecule has 1 heterocycles. The second-order valence-electron chi connectivity index (χ2n) is 5.62. The molecule has 1 N–H and O–H groups in total. The first-order valence-electron chi connectivity index (χ1n) is 7.50. The lowest BCUT2D eigenvalue weighted by molar-refractivity contribution is 0.416. The number of nitrogens with one attached hydrogen (secondary N) is 1. The molecule has 0 fully saturated rings. The molecule has 1 atom stereocenters. The Balaban J connectivity index is 2.17. The summed E-state index contributed by atoms with van der Waals surface area (Å²) in [7, 11) is -3.20. The molecule has 21 heavy (non-hydrogen) atoms. The maximum Gasteiger partial charge on any atom is 0.214 e. The Bertz CT molecular complexity index is 691. The number of nitrogens with zero attached hydrogens (tertiary/aromatic N) is 1. The Labute approximate surface area is 127 Å². The molecule has 5 heteroatoms. The summed E-state index contributed by atoms with van der Waals surface area (Å²) in [4.78, 5) is 3.15. The molecule has 0 amide bonds. The van der Waals surface area contributed by atoms with Crippen LogP contribution in [0.5, 0.6) is 0 Å². The lowest BCUT2D eigenvalue weighted by Gasteiger charge is -2.22. The summed E-state index contributed by atoms with van der Waals surface area (Å²) in [5, 5.41) is 1.11. The van der Waals surface area contributed by atoms with Crippen LogP contribution in [0.1, 0.15) is 32.8 Å². The van der Waals surface area contributed by atoms with Crippen LogP contribution in [0.2, 0.25) is 0 Å². The van der Waals surface area contributed by atoms with E-state index in [0.29, 0.717) is 13.1 Å². The summed E-state index contributed by atoms with van der Waals surface area (Å²) < 4.78 is 26.5. The van der Waals surface area contributed by atoms with Gasteiger partial charge in [-0.25, -0.2) is 8.42 Å². The number of H-pyrrole nitrogens is 1. The molecule has 0 bridgehead atoms. The molecule has 0 spiro atoms. The van der Waals surface area contributed by atoms with Gasteiger partial charge in [-0.1, -0.05) is 33.3 Å². The van der Waals surface area contributed by atoms with Crippen LogP contribution in [0, 0.1) is 5.92 Å². The van der Waals surface area contributed by atoms with Crippen molar-refractivity contribution in [1.29, 1.82) is 0 Å². The minimum absolute atomic E-state index is 0.191. The van der Waals surface area contributed by atoms with Gasteiger partial charge in [-0.2, -0.15) is 4.31 Å². The zero-order valence-electron chi connectivity index (χ0n) is 13.0. The van der Waals surface area contributed by atoms with Crippen molar-refractivity contribution < 1.29 is 8.42 Å². The lowest BCUT2D eigenvalue weighted by Crippen LogP contribution is -2.34. The fourth-order valence-electron chi connectivity index (χ4n) is 2.39. The molecule has 0 unspecified atom stereocenters. The average Bonchev–Trinajstić information content (AvgIpc) is 2.91. The molecule has 1 aromatic heterocycles. The predicted octanol–water partition coefficient (Wildman–Crippen LogP) is 3.37. The fourth-order valence-corrected chi connectivity index (χ4v) is 4.30. The smallest absolute Gasteiger partial charge is 0.214 e. The molecule has 0 aliphatic heterocycles. The number of benzene rings is 1. The first kappa shape index (κ1) is 16.0. The van der Waals surface area contributed by atoms with E-state index in [1.165, 1.54) is 0 Å². The van der Waals surface area contributed by atoms with E-state index in [2.05, 4.69) is 4.98 Å². The number of hydrogen-bond donors (Lipinski definition) is 1. The van der Waals surface area contributed by atoms with Gasteiger partial charge in [-0.05, 0) is 35.1 Å². The first-order chi connectivity index (χ1) is 9.96. The largest absolute Gasteiger partial charge is 0.361 e. The third-order valence-electron chi connectivity index (χ3n) is 3.91. The first-order valence-corrected chi connectivity index (χ1v) is 9.11. The Morgan fingerprint density at radius 1 is 1.24 bits per heavy atom. The molecule has 116 valence electrons. The monoisotopic (exact) mass is 308 g/mol. The van der Waals surface area contributed by atoms with Crippen LogP contribution in [0.15, 0.2) is 30.5 Å². The maximum absolute atomic E-state index is 12.5. The summed E-state index contributed by atoms with van der Waals surface area (Å²) in [5.41, 5.74) is 2.10. The number of aromatic nitrogens is 1. The third kappa shape index (κ3) is 3.86. The van der Waals surface area contributed by atoms with Gasteiger partial charge in [0.25, 0.3) is 0 Å². The quantitative estimate of drug-likeness (QED) is 0.852. The molecule has 1 aromatic carbocycles. The Kier molecular flexibility index (Phi) is 5.06. The van der Waals surface area contributed by atoms with Crippen molar-refractivity contribution >= 4 is 20.9 Å². The number of hydrogen-bond acceptors (Lipinski definition) is 2. The minimum atomic E-state index is -3.20. The minimum Gasteiger partial charge on any atom is -0.361 e. The van der Waals surface area contributed by atoms with Gasteiger partial charge >= 0.3 is 0 Å². The summed E-state index contributed by atoms with van der Waals surface area (Å²) in [6, 6.07) is 8.04. The van der Waals surface area contributed by atoms with Crippen molar-refractivity contribution in [2.45, 2.75) is 33.7 Å². The molecule has 0 saturated carbocycles. The van der Waals surface area contributed by atoms with Gasteiger partial charge in [0.2, 0.25) is 10.0 Å². The molecule has 0 aliphatic carbocycles. The fraction of sp³-hybridized carbons (Fsp3) is 0.500. The van der Waals surface area contributed by atoms with Gasteiger partial charge in [0.05, 0.1) is 5.75 Å². The zero-order valence-corrected chi connectivity index (χ0v) is 13.8. The van der Waals surface area contributed by atoms with Crippen LogP contribution in [0.3, 0.4) is 0 Å². The van der Waals surface area contributed by atoms with Gasteiger partial charge in [0.1, 0.15) is 0 Å². The van der Waals surface area contributed by atoms with Crippen molar-refractivity contribution in [3.8, 4) is 0 Å². The molecule has 4 nitrogen and oxygen atoms in total. The summed E-state index contributed by atoms with van der Waals surface area (Å²) in [5.74, 6) is 0.417. The van der Waals surface area contributed by atoms with Crippen LogP contribution >= 0.6 is 0 Å². The SMILES string of the molecule is CC[C@H](C)CS(=O)(=O)N(CC)Cc1ccc2[nH]ccc2c1. The van der Waals surface area contributed by atoms with Crippen molar-refractivity contribution in [2.75, 3.05) is 12.3 Å². The highest BCUT2D eigenvalue weighted by Crippen LogP contribution is 2.18. The van der Waals surface area contributed by atoms with E-state index >= 15 is 0 Å². The molecule has 0 radical (unpaired) electrons. The van der Waals surface area contributed by atoms with Crippen molar-refractivity contribution in [3.05, 3.63) is 36.0 Å². The maximum atomic E-state index is 12.5.